The van der Waals surface area contributed by atoms with Gasteiger partial charge in [0.15, 0.2) is 0 Å². The molecule has 2 rings (SSSR count). The summed E-state index contributed by atoms with van der Waals surface area (Å²) in [4.78, 5) is 14.5. The van der Waals surface area contributed by atoms with E-state index in [1.807, 2.05) is 0 Å². The molecule has 31 heavy (non-hydrogen) atoms. The zero-order chi connectivity index (χ0) is 22.9. The number of sulfonamides is 1. The van der Waals surface area contributed by atoms with Crippen molar-refractivity contribution in [1.82, 2.24) is 14.7 Å². The number of nitrogens with zero attached hydrogens (tertiary/aromatic N) is 2. The second-order valence-electron chi connectivity index (χ2n) is 7.42. The molecule has 1 aliphatic rings. The van der Waals surface area contributed by atoms with Gasteiger partial charge in [-0.25, -0.2) is 13.9 Å². The van der Waals surface area contributed by atoms with Gasteiger partial charge in [-0.1, -0.05) is 19.8 Å². The molecule has 1 saturated heterocycles. The molecule has 0 aromatic heterocycles. The second-order valence-corrected chi connectivity index (χ2v) is 9.31. The minimum atomic E-state index is -4.02. The van der Waals surface area contributed by atoms with Crippen LogP contribution in [0.2, 0.25) is 0 Å². The molecule has 0 bridgehead atoms. The van der Waals surface area contributed by atoms with Crippen molar-refractivity contribution in [3.8, 4) is 17.6 Å². The number of carbonyl (C=O) groups is 1. The summed E-state index contributed by atoms with van der Waals surface area (Å²) in [5.74, 6) is 4.87. The topological polar surface area (TPSA) is 108 Å². The number of hydrogen-bond acceptors (Lipinski definition) is 7. The molecule has 0 radical (unpaired) electrons. The van der Waals surface area contributed by atoms with Gasteiger partial charge in [0.2, 0.25) is 10.0 Å². The number of rotatable bonds is 10. The first-order valence-corrected chi connectivity index (χ1v) is 11.6. The van der Waals surface area contributed by atoms with Crippen LogP contribution in [0.25, 0.3) is 0 Å². The van der Waals surface area contributed by atoms with Crippen LogP contribution in [0.4, 0.5) is 0 Å². The van der Waals surface area contributed by atoms with Crippen LogP contribution in [0.1, 0.15) is 20.8 Å². The Kier molecular flexibility index (Phi) is 9.74. The number of ether oxygens (including phenoxy) is 2. The Morgan fingerprint density at radius 3 is 2.48 bits per heavy atom. The van der Waals surface area contributed by atoms with E-state index in [1.165, 1.54) is 12.1 Å². The standard InChI is InChI=1S/C21H31N3O6S/c1-4-5-14-30-18-6-8-19(9-7-18)31(27,28)24(20(17(2)3)21(25)22-26)11-10-23-12-15-29-16-13-23/h6-9,17,20,26H,10-16H2,1-3H3,(H,22,25). The molecule has 2 N–H and O–H groups in total. The highest BCUT2D eigenvalue weighted by Crippen LogP contribution is 2.24. The van der Waals surface area contributed by atoms with Gasteiger partial charge in [-0.2, -0.15) is 4.31 Å². The van der Waals surface area contributed by atoms with Gasteiger partial charge >= 0.3 is 0 Å². The fourth-order valence-corrected chi connectivity index (χ4v) is 5.05. The molecular weight excluding hydrogens is 422 g/mol. The molecule has 172 valence electrons. The van der Waals surface area contributed by atoms with Crippen LogP contribution in [-0.2, 0) is 19.6 Å². The highest BCUT2D eigenvalue weighted by molar-refractivity contribution is 7.89. The summed E-state index contributed by atoms with van der Waals surface area (Å²) < 4.78 is 39.0. The van der Waals surface area contributed by atoms with E-state index in [4.69, 9.17) is 9.47 Å². The monoisotopic (exact) mass is 453 g/mol. The van der Waals surface area contributed by atoms with Gasteiger partial charge in [-0.05, 0) is 37.1 Å². The van der Waals surface area contributed by atoms with Crippen molar-refractivity contribution in [3.05, 3.63) is 24.3 Å². The fourth-order valence-electron chi connectivity index (χ4n) is 3.34. The van der Waals surface area contributed by atoms with Crippen molar-refractivity contribution >= 4 is 15.9 Å². The van der Waals surface area contributed by atoms with Gasteiger partial charge in [0.25, 0.3) is 5.91 Å². The number of hydrogen-bond donors (Lipinski definition) is 2. The van der Waals surface area contributed by atoms with Crippen LogP contribution in [0.15, 0.2) is 29.2 Å². The van der Waals surface area contributed by atoms with Gasteiger partial charge in [-0.3, -0.25) is 14.9 Å². The van der Waals surface area contributed by atoms with E-state index in [0.29, 0.717) is 38.6 Å². The van der Waals surface area contributed by atoms with Gasteiger partial charge in [-0.15, -0.1) is 5.92 Å². The van der Waals surface area contributed by atoms with Crippen LogP contribution >= 0.6 is 0 Å². The summed E-state index contributed by atoms with van der Waals surface area (Å²) in [5, 5.41) is 9.22. The predicted molar refractivity (Wildman–Crippen MR) is 115 cm³/mol. The largest absolute Gasteiger partial charge is 0.481 e. The number of hydroxylamine groups is 1. The molecule has 9 nitrogen and oxygen atoms in total. The van der Waals surface area contributed by atoms with Crippen molar-refractivity contribution in [3.63, 3.8) is 0 Å². The van der Waals surface area contributed by atoms with Crippen molar-refractivity contribution in [2.45, 2.75) is 31.7 Å². The average molecular weight is 454 g/mol. The molecule has 1 heterocycles. The Labute approximate surface area is 184 Å². The van der Waals surface area contributed by atoms with E-state index in [-0.39, 0.29) is 24.0 Å². The first-order chi connectivity index (χ1) is 14.8. The van der Waals surface area contributed by atoms with Crippen LogP contribution in [-0.4, -0.2) is 80.8 Å². The quantitative estimate of drug-likeness (QED) is 0.308. The lowest BCUT2D eigenvalue weighted by Gasteiger charge is -2.34. The molecule has 1 fully saturated rings. The molecular formula is C21H31N3O6S. The Balaban J connectivity index is 2.30. The molecule has 1 aromatic rings. The van der Waals surface area contributed by atoms with E-state index < -0.39 is 22.0 Å². The molecule has 1 atom stereocenters. The summed E-state index contributed by atoms with van der Waals surface area (Å²) in [6.45, 7) is 8.50. The SMILES string of the molecule is CC#CCOc1ccc(S(=O)(=O)N(CCN2CCOCC2)C(C(=O)NO)C(C)C)cc1. The zero-order valence-electron chi connectivity index (χ0n) is 18.2. The third-order valence-electron chi connectivity index (χ3n) is 4.98. The fraction of sp³-hybridized carbons (Fsp3) is 0.571. The molecule has 1 unspecified atom stereocenters. The van der Waals surface area contributed by atoms with Gasteiger partial charge < -0.3 is 9.47 Å². The molecule has 1 aliphatic heterocycles. The molecule has 0 saturated carbocycles. The lowest BCUT2D eigenvalue weighted by atomic mass is 10.0. The Hall–Kier alpha value is -2.16. The third-order valence-corrected chi connectivity index (χ3v) is 6.87. The number of amides is 1. The van der Waals surface area contributed by atoms with Gasteiger partial charge in [0, 0.05) is 26.2 Å². The molecule has 10 heteroatoms. The lowest BCUT2D eigenvalue weighted by Crippen LogP contribution is -2.54. The Bertz CT molecular complexity index is 871. The van der Waals surface area contributed by atoms with Crippen LogP contribution < -0.4 is 10.2 Å². The minimum Gasteiger partial charge on any atom is -0.481 e. The predicted octanol–water partition coefficient (Wildman–Crippen LogP) is 0.942. The van der Waals surface area contributed by atoms with Crippen molar-refractivity contribution < 1.29 is 27.9 Å². The number of morpholine rings is 1. The van der Waals surface area contributed by atoms with E-state index >= 15 is 0 Å². The lowest BCUT2D eigenvalue weighted by molar-refractivity contribution is -0.134. The zero-order valence-corrected chi connectivity index (χ0v) is 19.0. The molecule has 0 spiro atoms. The van der Waals surface area contributed by atoms with Gasteiger partial charge in [0.1, 0.15) is 18.4 Å². The third kappa shape index (κ3) is 6.92. The van der Waals surface area contributed by atoms with E-state index in [2.05, 4.69) is 16.7 Å². The van der Waals surface area contributed by atoms with Crippen LogP contribution in [0.3, 0.4) is 0 Å². The summed E-state index contributed by atoms with van der Waals surface area (Å²) in [6.07, 6.45) is 0. The Morgan fingerprint density at radius 2 is 1.94 bits per heavy atom. The summed E-state index contributed by atoms with van der Waals surface area (Å²) in [6, 6.07) is 4.94. The number of carbonyl (C=O) groups excluding carboxylic acids is 1. The van der Waals surface area contributed by atoms with Crippen molar-refractivity contribution in [2.24, 2.45) is 5.92 Å². The number of nitrogens with one attached hydrogen (secondary N) is 1. The highest BCUT2D eigenvalue weighted by atomic mass is 32.2. The first-order valence-electron chi connectivity index (χ1n) is 10.2. The van der Waals surface area contributed by atoms with E-state index in [1.54, 1.807) is 38.4 Å². The maximum atomic E-state index is 13.5. The summed E-state index contributed by atoms with van der Waals surface area (Å²) in [5.41, 5.74) is 1.61. The van der Waals surface area contributed by atoms with E-state index in [0.717, 1.165) is 4.31 Å². The molecule has 1 aromatic carbocycles. The normalized spacial score (nSPS) is 15.9. The van der Waals surface area contributed by atoms with Crippen LogP contribution in [0, 0.1) is 17.8 Å². The average Bonchev–Trinajstić information content (AvgIpc) is 2.77. The molecule has 0 aliphatic carbocycles. The second kappa shape index (κ2) is 12.0. The minimum absolute atomic E-state index is 0.0415. The van der Waals surface area contributed by atoms with Crippen molar-refractivity contribution in [2.75, 3.05) is 46.0 Å². The van der Waals surface area contributed by atoms with Gasteiger partial charge in [0.05, 0.1) is 18.1 Å². The van der Waals surface area contributed by atoms with E-state index in [9.17, 15) is 18.4 Å². The number of benzene rings is 1. The molecule has 1 amide bonds. The Morgan fingerprint density at radius 1 is 1.29 bits per heavy atom. The first kappa shape index (κ1) is 25.1. The smallest absolute Gasteiger partial charge is 0.262 e. The highest BCUT2D eigenvalue weighted by Gasteiger charge is 2.38. The van der Waals surface area contributed by atoms with Crippen LogP contribution in [0.5, 0.6) is 5.75 Å². The maximum Gasteiger partial charge on any atom is 0.262 e. The summed E-state index contributed by atoms with van der Waals surface area (Å²) in [7, 11) is -4.02. The van der Waals surface area contributed by atoms with Crippen molar-refractivity contribution in [1.29, 1.82) is 0 Å². The maximum absolute atomic E-state index is 13.5. The summed E-state index contributed by atoms with van der Waals surface area (Å²) >= 11 is 0.